The Kier molecular flexibility index (Phi) is 6.90. The third-order valence-electron chi connectivity index (χ3n) is 5.34. The first-order valence-electron chi connectivity index (χ1n) is 10.6. The van der Waals surface area contributed by atoms with E-state index in [1.54, 1.807) is 0 Å². The van der Waals surface area contributed by atoms with Crippen molar-refractivity contribution in [2.75, 3.05) is 5.32 Å². The maximum Gasteiger partial charge on any atom is 0.237 e. The molecule has 1 N–H and O–H groups in total. The van der Waals surface area contributed by atoms with Crippen LogP contribution in [-0.2, 0) is 17.3 Å². The summed E-state index contributed by atoms with van der Waals surface area (Å²) in [6.07, 6.45) is 0. The minimum atomic E-state index is -0.306. The van der Waals surface area contributed by atoms with Gasteiger partial charge in [-0.05, 0) is 35.4 Å². The average Bonchev–Trinajstić information content (AvgIpc) is 3.07. The number of carbonyl (C=O) groups is 1. The topological polar surface area (TPSA) is 59.8 Å². The second kappa shape index (κ2) is 9.27. The number of hydrogen-bond donors (Lipinski definition) is 1. The zero-order chi connectivity index (χ0) is 22.8. The van der Waals surface area contributed by atoms with Crippen LogP contribution in [0.3, 0.4) is 0 Å². The molecule has 5 nitrogen and oxygen atoms in total. The Morgan fingerprint density at radius 2 is 1.65 bits per heavy atom. The summed E-state index contributed by atoms with van der Waals surface area (Å²) in [5.74, 6) is 1.09. The van der Waals surface area contributed by atoms with Crippen molar-refractivity contribution < 1.29 is 4.79 Å². The van der Waals surface area contributed by atoms with Crippen LogP contribution in [0.25, 0.3) is 11.4 Å². The maximum atomic E-state index is 12.8. The highest BCUT2D eigenvalue weighted by Gasteiger charge is 2.21. The number of thioether (sulfide) groups is 1. The molecule has 1 atom stereocenters. The van der Waals surface area contributed by atoms with Crippen LogP contribution in [0.2, 0.25) is 0 Å². The van der Waals surface area contributed by atoms with Crippen molar-refractivity contribution in [1.82, 2.24) is 14.8 Å². The number of para-hydroxylation sites is 1. The molecule has 0 spiro atoms. The summed E-state index contributed by atoms with van der Waals surface area (Å²) in [6.45, 7) is 12.7. The Labute approximate surface area is 189 Å². The van der Waals surface area contributed by atoms with Crippen molar-refractivity contribution in [3.8, 4) is 11.4 Å². The molecule has 1 amide bonds. The van der Waals surface area contributed by atoms with Gasteiger partial charge < -0.3 is 9.88 Å². The molecule has 3 aromatic rings. The normalized spacial score (nSPS) is 12.8. The lowest BCUT2D eigenvalue weighted by atomic mass is 9.87. The Morgan fingerprint density at radius 3 is 2.26 bits per heavy atom. The van der Waals surface area contributed by atoms with Gasteiger partial charge in [-0.1, -0.05) is 88.8 Å². The van der Waals surface area contributed by atoms with Crippen molar-refractivity contribution in [1.29, 1.82) is 0 Å². The second-order valence-electron chi connectivity index (χ2n) is 9.18. The fourth-order valence-electron chi connectivity index (χ4n) is 3.35. The number of hydrogen-bond acceptors (Lipinski definition) is 4. The molecular weight excluding hydrogens is 404 g/mol. The Hall–Kier alpha value is -2.60. The third kappa shape index (κ3) is 5.37. The smallest absolute Gasteiger partial charge is 0.237 e. The minimum absolute atomic E-state index is 0.0443. The van der Waals surface area contributed by atoms with Gasteiger partial charge in [-0.15, -0.1) is 10.2 Å². The summed E-state index contributed by atoms with van der Waals surface area (Å²) < 4.78 is 1.95. The van der Waals surface area contributed by atoms with Gasteiger partial charge in [0.1, 0.15) is 0 Å². The highest BCUT2D eigenvalue weighted by molar-refractivity contribution is 8.00. The molecule has 0 bridgehead atoms. The predicted octanol–water partition coefficient (Wildman–Crippen LogP) is 6.02. The highest BCUT2D eigenvalue weighted by Crippen LogP contribution is 2.29. The van der Waals surface area contributed by atoms with E-state index < -0.39 is 0 Å². The number of benzene rings is 2. The van der Waals surface area contributed by atoms with Gasteiger partial charge in [0.15, 0.2) is 11.0 Å². The first-order chi connectivity index (χ1) is 14.6. The Bertz CT molecular complexity index is 1050. The fourth-order valence-corrected chi connectivity index (χ4v) is 4.16. The van der Waals surface area contributed by atoms with Crippen molar-refractivity contribution in [2.24, 2.45) is 7.05 Å². The quantitative estimate of drug-likeness (QED) is 0.480. The van der Waals surface area contributed by atoms with Crippen LogP contribution in [0.15, 0.2) is 53.7 Å². The number of anilines is 1. The molecular formula is C25H32N4OS. The van der Waals surface area contributed by atoms with Crippen molar-refractivity contribution in [3.05, 3.63) is 59.7 Å². The molecule has 1 heterocycles. The number of nitrogens with one attached hydrogen (secondary N) is 1. The number of amides is 1. The molecule has 164 valence electrons. The van der Waals surface area contributed by atoms with E-state index in [4.69, 9.17) is 0 Å². The summed E-state index contributed by atoms with van der Waals surface area (Å²) in [6, 6.07) is 16.4. The van der Waals surface area contributed by atoms with E-state index in [9.17, 15) is 4.79 Å². The summed E-state index contributed by atoms with van der Waals surface area (Å²) in [4.78, 5) is 12.8. The number of carbonyl (C=O) groups excluding carboxylic acids is 1. The van der Waals surface area contributed by atoms with Crippen LogP contribution >= 0.6 is 11.8 Å². The standard InChI is InChI=1S/C25H32N4OS/c1-16(2)20-10-8-9-11-21(20)26-23(30)17(3)31-24-28-27-22(29(24)7)18-12-14-19(15-13-18)25(4,5)6/h8-17H,1-7H3,(H,26,30). The number of aromatic nitrogens is 3. The largest absolute Gasteiger partial charge is 0.325 e. The molecule has 2 aromatic carbocycles. The monoisotopic (exact) mass is 436 g/mol. The van der Waals surface area contributed by atoms with E-state index in [0.717, 1.165) is 27.8 Å². The SMILES string of the molecule is CC(Sc1nnc(-c2ccc(C(C)(C)C)cc2)n1C)C(=O)Nc1ccccc1C(C)C. The van der Waals surface area contributed by atoms with Crippen LogP contribution in [0.5, 0.6) is 0 Å². The van der Waals surface area contributed by atoms with Gasteiger partial charge in [-0.25, -0.2) is 0 Å². The molecule has 0 saturated carbocycles. The summed E-state index contributed by atoms with van der Waals surface area (Å²) in [5.41, 5.74) is 4.40. The molecule has 0 aliphatic carbocycles. The lowest BCUT2D eigenvalue weighted by Crippen LogP contribution is -2.23. The molecule has 6 heteroatoms. The van der Waals surface area contributed by atoms with E-state index in [0.29, 0.717) is 5.92 Å². The molecule has 0 saturated heterocycles. The third-order valence-corrected chi connectivity index (χ3v) is 6.47. The van der Waals surface area contributed by atoms with Gasteiger partial charge in [0.2, 0.25) is 5.91 Å². The maximum absolute atomic E-state index is 12.8. The van der Waals surface area contributed by atoms with E-state index in [-0.39, 0.29) is 16.6 Å². The molecule has 0 aliphatic heterocycles. The van der Waals surface area contributed by atoms with Crippen molar-refractivity contribution in [3.63, 3.8) is 0 Å². The van der Waals surface area contributed by atoms with Crippen LogP contribution in [0, 0.1) is 0 Å². The first kappa shape index (κ1) is 23.1. The van der Waals surface area contributed by atoms with Gasteiger partial charge in [0.05, 0.1) is 5.25 Å². The minimum Gasteiger partial charge on any atom is -0.325 e. The van der Waals surface area contributed by atoms with Gasteiger partial charge >= 0.3 is 0 Å². The number of rotatable bonds is 6. The summed E-state index contributed by atoms with van der Waals surface area (Å²) >= 11 is 1.41. The van der Waals surface area contributed by atoms with E-state index >= 15 is 0 Å². The van der Waals surface area contributed by atoms with Crippen molar-refractivity contribution >= 4 is 23.4 Å². The molecule has 1 aromatic heterocycles. The van der Waals surface area contributed by atoms with Gasteiger partial charge in [-0.2, -0.15) is 0 Å². The molecule has 0 aliphatic rings. The van der Waals surface area contributed by atoms with Gasteiger partial charge in [0, 0.05) is 18.3 Å². The zero-order valence-electron chi connectivity index (χ0n) is 19.4. The molecule has 0 radical (unpaired) electrons. The molecule has 1 unspecified atom stereocenters. The molecule has 31 heavy (non-hydrogen) atoms. The average molecular weight is 437 g/mol. The Morgan fingerprint density at radius 1 is 1.00 bits per heavy atom. The fraction of sp³-hybridized carbons (Fsp3) is 0.400. The van der Waals surface area contributed by atoms with E-state index in [2.05, 4.69) is 80.5 Å². The second-order valence-corrected chi connectivity index (χ2v) is 10.5. The lowest BCUT2D eigenvalue weighted by molar-refractivity contribution is -0.115. The van der Waals surface area contributed by atoms with E-state index in [1.807, 2.05) is 36.7 Å². The van der Waals surface area contributed by atoms with Crippen LogP contribution in [0.4, 0.5) is 5.69 Å². The molecule has 3 rings (SSSR count). The highest BCUT2D eigenvalue weighted by atomic mass is 32.2. The first-order valence-corrected chi connectivity index (χ1v) is 11.5. The van der Waals surface area contributed by atoms with Gasteiger partial charge in [0.25, 0.3) is 0 Å². The van der Waals surface area contributed by atoms with E-state index in [1.165, 1.54) is 17.3 Å². The Balaban J connectivity index is 1.72. The summed E-state index contributed by atoms with van der Waals surface area (Å²) in [5, 5.41) is 12.2. The van der Waals surface area contributed by atoms with Gasteiger partial charge in [-0.3, -0.25) is 4.79 Å². The van der Waals surface area contributed by atoms with Crippen LogP contribution < -0.4 is 5.32 Å². The summed E-state index contributed by atoms with van der Waals surface area (Å²) in [7, 11) is 1.94. The van der Waals surface area contributed by atoms with Crippen LogP contribution in [-0.4, -0.2) is 25.9 Å². The lowest BCUT2D eigenvalue weighted by Gasteiger charge is -2.19. The van der Waals surface area contributed by atoms with Crippen molar-refractivity contribution in [2.45, 2.75) is 63.3 Å². The predicted molar refractivity (Wildman–Crippen MR) is 130 cm³/mol. The number of nitrogens with zero attached hydrogens (tertiary/aromatic N) is 3. The molecule has 0 fully saturated rings. The van der Waals surface area contributed by atoms with Crippen LogP contribution in [0.1, 0.15) is 58.6 Å². The zero-order valence-corrected chi connectivity index (χ0v) is 20.2.